The molecule has 0 saturated heterocycles. The maximum atomic E-state index is 5.51. The molecule has 0 aliphatic rings. The van der Waals surface area contributed by atoms with Crippen LogP contribution in [0.15, 0.2) is 23.3 Å². The van der Waals surface area contributed by atoms with E-state index in [9.17, 15) is 0 Å². The molecule has 1 aromatic carbocycles. The number of ether oxygens (including phenoxy) is 2. The van der Waals surface area contributed by atoms with Crippen LogP contribution in [0.2, 0.25) is 0 Å². The van der Waals surface area contributed by atoms with Crippen molar-refractivity contribution in [2.45, 2.75) is 58.3 Å². The summed E-state index contributed by atoms with van der Waals surface area (Å²) in [5.74, 6) is 1.38. The molecule has 0 saturated carbocycles. The van der Waals surface area contributed by atoms with Gasteiger partial charge in [0.25, 0.3) is 0 Å². The summed E-state index contributed by atoms with van der Waals surface area (Å²) in [5.41, 5.74) is 10.1. The van der Waals surface area contributed by atoms with E-state index in [0.29, 0.717) is 11.5 Å². The number of benzene rings is 1. The summed E-state index contributed by atoms with van der Waals surface area (Å²) in [7, 11) is 3.25. The third kappa shape index (κ3) is 8.20. The zero-order valence-corrected chi connectivity index (χ0v) is 16.5. The number of hydrazone groups is 1. The zero-order valence-electron chi connectivity index (χ0n) is 15.6. The molecule has 0 aliphatic heterocycles. The largest absolute Gasteiger partial charge is 0.493 e. The van der Waals surface area contributed by atoms with Crippen molar-refractivity contribution in [3.63, 3.8) is 0 Å². The summed E-state index contributed by atoms with van der Waals surface area (Å²) in [6, 6.07) is 5.79. The van der Waals surface area contributed by atoms with Crippen LogP contribution in [0.4, 0.5) is 0 Å². The van der Waals surface area contributed by atoms with Gasteiger partial charge in [-0.15, -0.1) is 0 Å². The number of hydrogen-bond donors (Lipinski definition) is 2. The Kier molecular flexibility index (Phi) is 10.6. The van der Waals surface area contributed by atoms with Crippen LogP contribution in [0.1, 0.15) is 63.9 Å². The van der Waals surface area contributed by atoms with Gasteiger partial charge in [0.15, 0.2) is 16.6 Å². The van der Waals surface area contributed by atoms with Crippen molar-refractivity contribution in [1.82, 2.24) is 5.43 Å². The topological polar surface area (TPSA) is 68.9 Å². The Bertz CT molecular complexity index is 562. The normalized spacial score (nSPS) is 11.2. The Morgan fingerprint density at radius 1 is 1.04 bits per heavy atom. The van der Waals surface area contributed by atoms with E-state index in [1.165, 1.54) is 38.5 Å². The lowest BCUT2D eigenvalue weighted by atomic mass is 10.0. The molecule has 0 fully saturated rings. The molecule has 6 heteroatoms. The van der Waals surface area contributed by atoms with Gasteiger partial charge in [-0.05, 0) is 43.3 Å². The molecule has 140 valence electrons. The standard InChI is InChI=1S/C19H31N3O2S/c1-4-5-6-7-8-9-10-11-16(21-22-19(20)25)15-12-13-17(23-2)18(14-15)24-3/h12-14H,4-11H2,1-3H3,(H3,20,22,25)/b21-16-. The predicted octanol–water partition coefficient (Wildman–Crippen LogP) is 4.38. The fourth-order valence-electron chi connectivity index (χ4n) is 2.65. The third-order valence-corrected chi connectivity index (χ3v) is 4.13. The molecule has 0 spiro atoms. The number of nitrogens with two attached hydrogens (primary N) is 1. The SMILES string of the molecule is CCCCCCCCC/C(=N/NC(N)=S)c1ccc(OC)c(OC)c1. The van der Waals surface area contributed by atoms with Gasteiger partial charge in [0, 0.05) is 5.56 Å². The van der Waals surface area contributed by atoms with Crippen molar-refractivity contribution in [3.05, 3.63) is 23.8 Å². The van der Waals surface area contributed by atoms with E-state index in [4.69, 9.17) is 27.4 Å². The number of rotatable bonds is 12. The van der Waals surface area contributed by atoms with E-state index in [0.717, 1.165) is 24.1 Å². The number of thiocarbonyl (C=S) groups is 1. The molecule has 0 atom stereocenters. The Labute approximate surface area is 157 Å². The van der Waals surface area contributed by atoms with E-state index in [-0.39, 0.29) is 5.11 Å². The molecule has 1 rings (SSSR count). The van der Waals surface area contributed by atoms with E-state index in [1.54, 1.807) is 14.2 Å². The van der Waals surface area contributed by atoms with Crippen LogP contribution in [0.25, 0.3) is 0 Å². The van der Waals surface area contributed by atoms with Crippen molar-refractivity contribution < 1.29 is 9.47 Å². The fourth-order valence-corrected chi connectivity index (χ4v) is 2.70. The predicted molar refractivity (Wildman–Crippen MR) is 109 cm³/mol. The maximum Gasteiger partial charge on any atom is 0.184 e. The number of methoxy groups -OCH3 is 2. The van der Waals surface area contributed by atoms with Crippen LogP contribution in [-0.4, -0.2) is 25.0 Å². The minimum absolute atomic E-state index is 0.164. The van der Waals surface area contributed by atoms with Gasteiger partial charge in [0.05, 0.1) is 19.9 Å². The van der Waals surface area contributed by atoms with Gasteiger partial charge in [-0.2, -0.15) is 5.10 Å². The van der Waals surface area contributed by atoms with Gasteiger partial charge in [0.1, 0.15) is 0 Å². The summed E-state index contributed by atoms with van der Waals surface area (Å²) in [4.78, 5) is 0. The van der Waals surface area contributed by atoms with Gasteiger partial charge < -0.3 is 15.2 Å². The second-order valence-corrected chi connectivity index (χ2v) is 6.42. The minimum atomic E-state index is 0.164. The van der Waals surface area contributed by atoms with Gasteiger partial charge in [-0.3, -0.25) is 5.43 Å². The number of unbranched alkanes of at least 4 members (excludes halogenated alkanes) is 6. The lowest BCUT2D eigenvalue weighted by Gasteiger charge is -2.12. The Balaban J connectivity index is 2.70. The van der Waals surface area contributed by atoms with E-state index < -0.39 is 0 Å². The number of nitrogens with zero attached hydrogens (tertiary/aromatic N) is 1. The smallest absolute Gasteiger partial charge is 0.184 e. The molecule has 0 aromatic heterocycles. The van der Waals surface area contributed by atoms with Crippen LogP contribution in [-0.2, 0) is 0 Å². The highest BCUT2D eigenvalue weighted by atomic mass is 32.1. The average molecular weight is 366 g/mol. The highest BCUT2D eigenvalue weighted by molar-refractivity contribution is 7.80. The van der Waals surface area contributed by atoms with Crippen molar-refractivity contribution in [1.29, 1.82) is 0 Å². The second-order valence-electron chi connectivity index (χ2n) is 5.98. The minimum Gasteiger partial charge on any atom is -0.493 e. The lowest BCUT2D eigenvalue weighted by Crippen LogP contribution is -2.25. The Hall–Kier alpha value is -1.82. The summed E-state index contributed by atoms with van der Waals surface area (Å²) >= 11 is 4.86. The van der Waals surface area contributed by atoms with Gasteiger partial charge in [-0.1, -0.05) is 45.4 Å². The molecule has 3 N–H and O–H groups in total. The van der Waals surface area contributed by atoms with Crippen molar-refractivity contribution >= 4 is 23.0 Å². The highest BCUT2D eigenvalue weighted by Crippen LogP contribution is 2.28. The van der Waals surface area contributed by atoms with E-state index in [2.05, 4.69) is 17.5 Å². The van der Waals surface area contributed by atoms with E-state index in [1.807, 2.05) is 18.2 Å². The third-order valence-electron chi connectivity index (χ3n) is 4.03. The Morgan fingerprint density at radius 3 is 2.28 bits per heavy atom. The molecule has 0 bridgehead atoms. The monoisotopic (exact) mass is 365 g/mol. The van der Waals surface area contributed by atoms with Crippen molar-refractivity contribution in [2.24, 2.45) is 10.8 Å². The quantitative estimate of drug-likeness (QED) is 0.249. The molecule has 1 aromatic rings. The van der Waals surface area contributed by atoms with Crippen molar-refractivity contribution in [3.8, 4) is 11.5 Å². The fraction of sp³-hybridized carbons (Fsp3) is 0.579. The molecule has 0 heterocycles. The first-order valence-corrected chi connectivity index (χ1v) is 9.37. The molecule has 25 heavy (non-hydrogen) atoms. The van der Waals surface area contributed by atoms with Crippen LogP contribution < -0.4 is 20.6 Å². The van der Waals surface area contributed by atoms with E-state index >= 15 is 0 Å². The van der Waals surface area contributed by atoms with Crippen LogP contribution in [0.5, 0.6) is 11.5 Å². The van der Waals surface area contributed by atoms with Gasteiger partial charge in [-0.25, -0.2) is 0 Å². The highest BCUT2D eigenvalue weighted by Gasteiger charge is 2.10. The first-order chi connectivity index (χ1) is 12.1. The summed E-state index contributed by atoms with van der Waals surface area (Å²) in [5, 5.41) is 4.54. The second kappa shape index (κ2) is 12.5. The first-order valence-electron chi connectivity index (χ1n) is 8.96. The molecule has 0 aliphatic carbocycles. The summed E-state index contributed by atoms with van der Waals surface area (Å²) in [6.45, 7) is 2.24. The molecule has 0 amide bonds. The molecule has 5 nitrogen and oxygen atoms in total. The lowest BCUT2D eigenvalue weighted by molar-refractivity contribution is 0.355. The van der Waals surface area contributed by atoms with Crippen LogP contribution in [0, 0.1) is 0 Å². The summed E-state index contributed by atoms with van der Waals surface area (Å²) < 4.78 is 10.7. The number of nitrogens with one attached hydrogen (secondary N) is 1. The molecular formula is C19H31N3O2S. The maximum absolute atomic E-state index is 5.51. The molecule has 0 radical (unpaired) electrons. The number of hydrogen-bond acceptors (Lipinski definition) is 4. The zero-order chi connectivity index (χ0) is 18.5. The van der Waals surface area contributed by atoms with Gasteiger partial charge in [0.2, 0.25) is 0 Å². The molecular weight excluding hydrogens is 334 g/mol. The van der Waals surface area contributed by atoms with Crippen LogP contribution in [0.3, 0.4) is 0 Å². The first kappa shape index (κ1) is 21.2. The van der Waals surface area contributed by atoms with Crippen LogP contribution >= 0.6 is 12.2 Å². The molecule has 0 unspecified atom stereocenters. The van der Waals surface area contributed by atoms with Crippen molar-refractivity contribution in [2.75, 3.05) is 14.2 Å². The average Bonchev–Trinajstić information content (AvgIpc) is 2.62. The summed E-state index contributed by atoms with van der Waals surface area (Å²) in [6.07, 6.45) is 9.65. The van der Waals surface area contributed by atoms with Gasteiger partial charge >= 0.3 is 0 Å². The Morgan fingerprint density at radius 2 is 1.68 bits per heavy atom.